The topological polar surface area (TPSA) is 86.3 Å². The third-order valence-corrected chi connectivity index (χ3v) is 7.09. The van der Waals surface area contributed by atoms with Crippen LogP contribution in [0.15, 0.2) is 0 Å². The molecule has 0 spiro atoms. The Hall–Kier alpha value is -1.20. The summed E-state index contributed by atoms with van der Waals surface area (Å²) in [7, 11) is 0. The molecular formula is C12H14N2O4. The SMILES string of the molecule is O=[N+]([O-])C1[C@@H]2C[C@@H]3C4C2C2C4[C@H](C[C@@H]21)C3[N+](=O)[O-]. The van der Waals surface area contributed by atoms with Crippen LogP contribution in [0, 0.1) is 67.6 Å². The molecule has 5 saturated carbocycles. The second-order valence-electron chi connectivity index (χ2n) is 6.99. The molecule has 0 heterocycles. The van der Waals surface area contributed by atoms with Gasteiger partial charge in [0.1, 0.15) is 0 Å². The highest BCUT2D eigenvalue weighted by atomic mass is 16.6. The van der Waals surface area contributed by atoms with Gasteiger partial charge in [-0.3, -0.25) is 20.2 Å². The van der Waals surface area contributed by atoms with Crippen molar-refractivity contribution in [1.29, 1.82) is 0 Å². The van der Waals surface area contributed by atoms with Gasteiger partial charge < -0.3 is 0 Å². The monoisotopic (exact) mass is 250 g/mol. The number of rotatable bonds is 2. The second-order valence-corrected chi connectivity index (χ2v) is 6.99. The molecule has 0 N–H and O–H groups in total. The number of nitro groups is 2. The zero-order valence-electron chi connectivity index (χ0n) is 9.72. The highest BCUT2D eigenvalue weighted by Gasteiger charge is 2.84. The first-order valence-corrected chi connectivity index (χ1v) is 6.88. The third-order valence-electron chi connectivity index (χ3n) is 7.09. The molecule has 0 aliphatic heterocycles. The molecule has 0 radical (unpaired) electrons. The van der Waals surface area contributed by atoms with E-state index in [1.54, 1.807) is 0 Å². The largest absolute Gasteiger partial charge is 0.264 e. The maximum absolute atomic E-state index is 11.3. The van der Waals surface area contributed by atoms with Gasteiger partial charge in [0.15, 0.2) is 0 Å². The van der Waals surface area contributed by atoms with E-state index in [4.69, 9.17) is 0 Å². The average molecular weight is 250 g/mol. The Balaban J connectivity index is 1.65. The summed E-state index contributed by atoms with van der Waals surface area (Å²) in [5.74, 6) is 2.50. The molecule has 0 aromatic carbocycles. The van der Waals surface area contributed by atoms with E-state index in [1.807, 2.05) is 0 Å². The van der Waals surface area contributed by atoms with Crippen molar-refractivity contribution in [3.8, 4) is 0 Å². The van der Waals surface area contributed by atoms with E-state index in [1.165, 1.54) is 0 Å². The fourth-order valence-corrected chi connectivity index (χ4v) is 7.15. The van der Waals surface area contributed by atoms with Crippen LogP contribution >= 0.6 is 0 Å². The first kappa shape index (κ1) is 9.69. The first-order chi connectivity index (χ1) is 8.61. The van der Waals surface area contributed by atoms with E-state index in [9.17, 15) is 20.2 Å². The lowest BCUT2D eigenvalue weighted by Crippen LogP contribution is -2.41. The van der Waals surface area contributed by atoms with Crippen LogP contribution in [0.4, 0.5) is 0 Å². The van der Waals surface area contributed by atoms with Crippen LogP contribution in [0.1, 0.15) is 12.8 Å². The molecule has 5 aliphatic rings. The van der Waals surface area contributed by atoms with E-state index < -0.39 is 0 Å². The van der Waals surface area contributed by atoms with Crippen molar-refractivity contribution in [3.05, 3.63) is 20.2 Å². The molecule has 0 saturated heterocycles. The summed E-state index contributed by atoms with van der Waals surface area (Å²) < 4.78 is 0. The van der Waals surface area contributed by atoms with Crippen LogP contribution in [-0.4, -0.2) is 21.9 Å². The number of hydrogen-bond acceptors (Lipinski definition) is 4. The number of hydrogen-bond donors (Lipinski definition) is 0. The summed E-state index contributed by atoms with van der Waals surface area (Å²) in [6, 6.07) is -0.759. The fourth-order valence-electron chi connectivity index (χ4n) is 7.15. The lowest BCUT2D eigenvalue weighted by molar-refractivity contribution is -0.549. The van der Waals surface area contributed by atoms with Crippen LogP contribution in [-0.2, 0) is 0 Å². The van der Waals surface area contributed by atoms with Crippen LogP contribution in [0.3, 0.4) is 0 Å². The molecule has 6 heteroatoms. The van der Waals surface area contributed by atoms with Gasteiger partial charge in [-0.1, -0.05) is 0 Å². The first-order valence-electron chi connectivity index (χ1n) is 6.88. The van der Waals surface area contributed by atoms with Crippen molar-refractivity contribution in [2.24, 2.45) is 47.3 Å². The molecule has 5 fully saturated rings. The standard InChI is InChI=1S/C12H14N2O4/c15-13(16)11-3-1-4-8-7(3)9-5(11)2-6(10(8)9)12(4)14(17)18/h3-12H,1-2H2/t3-,4-,5+,6+,7?,8?,9?,10?,11?,12?. The fraction of sp³-hybridized carbons (Fsp3) is 1.00. The van der Waals surface area contributed by atoms with Gasteiger partial charge in [-0.25, -0.2) is 0 Å². The smallest absolute Gasteiger partial charge is 0.219 e. The molecule has 6 nitrogen and oxygen atoms in total. The van der Waals surface area contributed by atoms with Gasteiger partial charge in [0.25, 0.3) is 0 Å². The maximum Gasteiger partial charge on any atom is 0.219 e. The van der Waals surface area contributed by atoms with Crippen LogP contribution in [0.25, 0.3) is 0 Å². The summed E-state index contributed by atoms with van der Waals surface area (Å²) in [5, 5.41) is 22.6. The Morgan fingerprint density at radius 3 is 1.17 bits per heavy atom. The molecule has 0 aromatic rings. The van der Waals surface area contributed by atoms with Crippen molar-refractivity contribution in [3.63, 3.8) is 0 Å². The van der Waals surface area contributed by atoms with Crippen molar-refractivity contribution in [1.82, 2.24) is 0 Å². The Morgan fingerprint density at radius 2 is 0.944 bits per heavy atom. The summed E-state index contributed by atoms with van der Waals surface area (Å²) in [6.45, 7) is 0. The molecule has 18 heavy (non-hydrogen) atoms. The van der Waals surface area contributed by atoms with E-state index in [2.05, 4.69) is 0 Å². The van der Waals surface area contributed by atoms with Crippen LogP contribution < -0.4 is 0 Å². The lowest BCUT2D eigenvalue weighted by Gasteiger charge is -2.43. The summed E-state index contributed by atoms with van der Waals surface area (Å²) in [6.07, 6.45) is 1.51. The highest BCUT2D eigenvalue weighted by Crippen LogP contribution is 2.80. The summed E-state index contributed by atoms with van der Waals surface area (Å²) in [5.41, 5.74) is 0. The van der Waals surface area contributed by atoms with Crippen LogP contribution in [0.5, 0.6) is 0 Å². The predicted molar refractivity (Wildman–Crippen MR) is 58.7 cm³/mol. The van der Waals surface area contributed by atoms with Gasteiger partial charge in [-0.05, 0) is 36.5 Å². The molecule has 0 aromatic heterocycles. The predicted octanol–water partition coefficient (Wildman–Crippen LogP) is 1.05. The van der Waals surface area contributed by atoms with Crippen LogP contribution in [0.2, 0.25) is 0 Å². The Labute approximate surface area is 103 Å². The van der Waals surface area contributed by atoms with Crippen molar-refractivity contribution >= 4 is 0 Å². The van der Waals surface area contributed by atoms with E-state index >= 15 is 0 Å². The lowest BCUT2D eigenvalue weighted by atomic mass is 9.60. The van der Waals surface area contributed by atoms with Crippen molar-refractivity contribution < 1.29 is 9.85 Å². The zero-order valence-corrected chi connectivity index (χ0v) is 9.72. The van der Waals surface area contributed by atoms with Gasteiger partial charge in [-0.2, -0.15) is 0 Å². The molecule has 0 amide bonds. The van der Waals surface area contributed by atoms with Crippen molar-refractivity contribution in [2.75, 3.05) is 0 Å². The number of nitrogens with zero attached hydrogens (tertiary/aromatic N) is 2. The minimum absolute atomic E-state index is 0.0704. The van der Waals surface area contributed by atoms with E-state index in [0.717, 1.165) is 12.8 Å². The van der Waals surface area contributed by atoms with Gasteiger partial charge >= 0.3 is 0 Å². The Bertz CT molecular complexity index is 414. The normalized spacial score (nSPS) is 65.1. The quantitative estimate of drug-likeness (QED) is 0.541. The van der Waals surface area contributed by atoms with Gasteiger partial charge in [0.2, 0.25) is 12.1 Å². The molecule has 5 rings (SSSR count). The van der Waals surface area contributed by atoms with Gasteiger partial charge in [-0.15, -0.1) is 0 Å². The molecule has 5 aliphatic carbocycles. The van der Waals surface area contributed by atoms with Crippen molar-refractivity contribution in [2.45, 2.75) is 24.9 Å². The highest BCUT2D eigenvalue weighted by molar-refractivity contribution is 5.26. The minimum Gasteiger partial charge on any atom is -0.264 e. The molecule has 6 unspecified atom stereocenters. The van der Waals surface area contributed by atoms with Gasteiger partial charge in [0.05, 0.1) is 0 Å². The summed E-state index contributed by atoms with van der Waals surface area (Å²) in [4.78, 5) is 22.5. The summed E-state index contributed by atoms with van der Waals surface area (Å²) >= 11 is 0. The van der Waals surface area contributed by atoms with Gasteiger partial charge in [0, 0.05) is 33.5 Å². The molecule has 10 atom stereocenters. The van der Waals surface area contributed by atoms with E-state index in [0.29, 0.717) is 23.7 Å². The Kier molecular flexibility index (Phi) is 1.38. The average Bonchev–Trinajstić information content (AvgIpc) is 2.71. The zero-order chi connectivity index (χ0) is 12.3. The third kappa shape index (κ3) is 0.715. The molecular weight excluding hydrogens is 236 g/mol. The van der Waals surface area contributed by atoms with E-state index in [-0.39, 0.29) is 45.6 Å². The second kappa shape index (κ2) is 2.56. The maximum atomic E-state index is 11.3. The minimum atomic E-state index is -0.379. The molecule has 0 bridgehead atoms. The molecule has 96 valence electrons. The Morgan fingerprint density at radius 1 is 0.667 bits per heavy atom.